The Labute approximate surface area is 223 Å². The third kappa shape index (κ3) is 5.67. The topological polar surface area (TPSA) is 96.6 Å². The van der Waals surface area contributed by atoms with Gasteiger partial charge in [-0.15, -0.1) is 0 Å². The van der Waals surface area contributed by atoms with E-state index in [1.807, 2.05) is 36.4 Å². The molecule has 0 saturated carbocycles. The number of hydrogen-bond acceptors (Lipinski definition) is 7. The van der Waals surface area contributed by atoms with Crippen LogP contribution in [0.1, 0.15) is 0 Å². The molecule has 1 saturated heterocycles. The van der Waals surface area contributed by atoms with E-state index >= 15 is 0 Å². The maximum atomic E-state index is 12.1. The lowest BCUT2D eigenvalue weighted by Crippen LogP contribution is -2.49. The molecule has 188 valence electrons. The third-order valence-electron chi connectivity index (χ3n) is 6.23. The van der Waals surface area contributed by atoms with Gasteiger partial charge in [0, 0.05) is 47.4 Å². The van der Waals surface area contributed by atoms with Crippen LogP contribution in [-0.2, 0) is 4.74 Å². The molecule has 3 N–H and O–H groups in total. The summed E-state index contributed by atoms with van der Waals surface area (Å²) in [4.78, 5) is 25.0. The van der Waals surface area contributed by atoms with Gasteiger partial charge in [0.05, 0.1) is 5.52 Å². The lowest BCUT2D eigenvalue weighted by molar-refractivity contribution is 0.110. The van der Waals surface area contributed by atoms with E-state index in [0.717, 1.165) is 51.0 Å². The average Bonchev–Trinajstić information content (AvgIpc) is 2.92. The minimum atomic E-state index is -0.286. The summed E-state index contributed by atoms with van der Waals surface area (Å²) >= 11 is 3.51. The van der Waals surface area contributed by atoms with Gasteiger partial charge < -0.3 is 25.6 Å². The average molecular weight is 559 g/mol. The van der Waals surface area contributed by atoms with Crippen molar-refractivity contribution in [2.75, 3.05) is 48.7 Å². The number of nitrogens with zero attached hydrogens (tertiary/aromatic N) is 4. The van der Waals surface area contributed by atoms with Gasteiger partial charge in [-0.3, -0.25) is 0 Å². The largest absolute Gasteiger partial charge is 0.445 e. The van der Waals surface area contributed by atoms with Crippen molar-refractivity contribution in [3.05, 3.63) is 83.9 Å². The summed E-state index contributed by atoms with van der Waals surface area (Å²) in [5.74, 6) is 0.875. The normalized spacial score (nSPS) is 13.4. The quantitative estimate of drug-likeness (QED) is 0.287. The number of hydrogen-bond donors (Lipinski definition) is 2. The van der Waals surface area contributed by atoms with Crippen LogP contribution in [0.2, 0.25) is 0 Å². The summed E-state index contributed by atoms with van der Waals surface area (Å²) in [5, 5.41) is 4.26. The van der Waals surface area contributed by atoms with Gasteiger partial charge in [0.2, 0.25) is 5.95 Å². The molecule has 37 heavy (non-hydrogen) atoms. The smallest absolute Gasteiger partial charge is 0.410 e. The highest BCUT2D eigenvalue weighted by Crippen LogP contribution is 2.31. The van der Waals surface area contributed by atoms with Crippen molar-refractivity contribution in [2.45, 2.75) is 0 Å². The summed E-state index contributed by atoms with van der Waals surface area (Å²) in [6.07, 6.45) is 1.29. The van der Waals surface area contributed by atoms with Crippen LogP contribution in [0, 0.1) is 0 Å². The molecule has 1 amide bonds. The van der Waals surface area contributed by atoms with E-state index in [-0.39, 0.29) is 18.6 Å². The lowest BCUT2D eigenvalue weighted by atomic mass is 10.0. The number of anilines is 4. The summed E-state index contributed by atoms with van der Waals surface area (Å²) in [7, 11) is 0. The predicted octanol–water partition coefficient (Wildman–Crippen LogP) is 5.83. The highest BCUT2D eigenvalue weighted by atomic mass is 79.9. The predicted molar refractivity (Wildman–Crippen MR) is 152 cm³/mol. The van der Waals surface area contributed by atoms with Gasteiger partial charge in [0.15, 0.2) is 0 Å². The van der Waals surface area contributed by atoms with Gasteiger partial charge in [-0.25, -0.2) is 9.78 Å². The number of benzene rings is 3. The van der Waals surface area contributed by atoms with Crippen LogP contribution < -0.4 is 16.0 Å². The molecule has 0 spiro atoms. The second kappa shape index (κ2) is 10.9. The van der Waals surface area contributed by atoms with Crippen LogP contribution >= 0.6 is 15.9 Å². The Morgan fingerprint density at radius 3 is 2.51 bits per heavy atom. The van der Waals surface area contributed by atoms with Crippen molar-refractivity contribution in [2.24, 2.45) is 0 Å². The van der Waals surface area contributed by atoms with Gasteiger partial charge in [-0.1, -0.05) is 52.9 Å². The molecule has 0 unspecified atom stereocenters. The van der Waals surface area contributed by atoms with Crippen molar-refractivity contribution in [3.63, 3.8) is 0 Å². The Morgan fingerprint density at radius 2 is 1.78 bits per heavy atom. The number of nitrogen functional groups attached to an aromatic ring is 1. The molecule has 8 nitrogen and oxygen atoms in total. The van der Waals surface area contributed by atoms with Crippen LogP contribution in [0.4, 0.5) is 27.9 Å². The zero-order valence-electron chi connectivity index (χ0n) is 20.2. The van der Waals surface area contributed by atoms with Crippen molar-refractivity contribution >= 4 is 56.1 Å². The number of nitrogens with two attached hydrogens (primary N) is 1. The Hall–Kier alpha value is -4.11. The molecular weight excluding hydrogens is 532 g/mol. The van der Waals surface area contributed by atoms with Crippen molar-refractivity contribution < 1.29 is 9.53 Å². The minimum Gasteiger partial charge on any atom is -0.445 e. The van der Waals surface area contributed by atoms with Crippen molar-refractivity contribution in [1.29, 1.82) is 0 Å². The number of carbonyl (C=O) groups is 1. The summed E-state index contributed by atoms with van der Waals surface area (Å²) in [5.41, 5.74) is 10.9. The summed E-state index contributed by atoms with van der Waals surface area (Å²) in [6.45, 7) is 6.57. The second-order valence-corrected chi connectivity index (χ2v) is 9.60. The van der Waals surface area contributed by atoms with E-state index in [9.17, 15) is 4.79 Å². The van der Waals surface area contributed by atoms with Gasteiger partial charge in [-0.2, -0.15) is 4.98 Å². The molecule has 1 aromatic heterocycles. The molecule has 0 aliphatic carbocycles. The number of amides is 1. The first kappa shape index (κ1) is 24.6. The van der Waals surface area contributed by atoms with E-state index in [1.54, 1.807) is 11.0 Å². The molecule has 0 radical (unpaired) electrons. The van der Waals surface area contributed by atoms with E-state index in [0.29, 0.717) is 18.9 Å². The minimum absolute atomic E-state index is 0.219. The molecule has 3 aromatic carbocycles. The second-order valence-electron chi connectivity index (χ2n) is 8.68. The molecule has 2 heterocycles. The maximum Gasteiger partial charge on any atom is 0.410 e. The fourth-order valence-corrected chi connectivity index (χ4v) is 4.76. The van der Waals surface area contributed by atoms with Crippen molar-refractivity contribution in [1.82, 2.24) is 14.9 Å². The number of fused-ring (bicyclic) bond motifs is 1. The van der Waals surface area contributed by atoms with Gasteiger partial charge >= 0.3 is 6.09 Å². The molecular formula is C28H27BrN6O2. The number of rotatable bonds is 6. The van der Waals surface area contributed by atoms with Gasteiger partial charge in [0.1, 0.15) is 12.4 Å². The molecule has 1 aliphatic rings. The molecule has 5 rings (SSSR count). The third-order valence-corrected chi connectivity index (χ3v) is 6.72. The molecule has 4 aromatic rings. The van der Waals surface area contributed by atoms with Gasteiger partial charge in [-0.05, 0) is 53.6 Å². The summed E-state index contributed by atoms with van der Waals surface area (Å²) in [6, 6.07) is 22.4. The van der Waals surface area contributed by atoms with Crippen LogP contribution in [0.5, 0.6) is 0 Å². The fraction of sp³-hybridized carbons (Fsp3) is 0.179. The standard InChI is InChI=1S/C28H27BrN6O2/c1-2-16-37-28(36)35-14-12-34(13-15-35)23-9-6-19(7-10-23)20-8-11-25-24(17-20)26(33-27(30)32-25)31-22-5-3-4-21(29)18-22/h2-11,17-18H,1,12-16H2,(H3,30,31,32,33). The van der Waals surface area contributed by atoms with E-state index in [1.165, 1.54) is 0 Å². The molecule has 1 fully saturated rings. The SMILES string of the molecule is C=CCOC(=O)N1CCN(c2ccc(-c3ccc4nc(N)nc(Nc5cccc(Br)c5)c4c3)cc2)CC1. The fourth-order valence-electron chi connectivity index (χ4n) is 4.36. The van der Waals surface area contributed by atoms with E-state index in [4.69, 9.17) is 10.5 Å². The van der Waals surface area contributed by atoms with Crippen LogP contribution in [0.3, 0.4) is 0 Å². The molecule has 1 aliphatic heterocycles. The number of carbonyl (C=O) groups excluding carboxylic acids is 1. The Kier molecular flexibility index (Phi) is 7.23. The lowest BCUT2D eigenvalue weighted by Gasteiger charge is -2.35. The van der Waals surface area contributed by atoms with Gasteiger partial charge in [0.25, 0.3) is 0 Å². The monoisotopic (exact) mass is 558 g/mol. The van der Waals surface area contributed by atoms with Crippen LogP contribution in [0.25, 0.3) is 22.0 Å². The number of piperazine rings is 1. The summed E-state index contributed by atoms with van der Waals surface area (Å²) < 4.78 is 6.12. The molecule has 0 bridgehead atoms. The maximum absolute atomic E-state index is 12.1. The zero-order chi connectivity index (χ0) is 25.8. The Morgan fingerprint density at radius 1 is 1.03 bits per heavy atom. The Bertz CT molecular complexity index is 1430. The molecule has 0 atom stereocenters. The van der Waals surface area contributed by atoms with Crippen LogP contribution in [-0.4, -0.2) is 53.7 Å². The first-order chi connectivity index (χ1) is 18.0. The Balaban J connectivity index is 1.34. The van der Waals surface area contributed by atoms with E-state index in [2.05, 4.69) is 73.0 Å². The highest BCUT2D eigenvalue weighted by Gasteiger charge is 2.22. The first-order valence-electron chi connectivity index (χ1n) is 12.0. The zero-order valence-corrected chi connectivity index (χ0v) is 21.8. The first-order valence-corrected chi connectivity index (χ1v) is 12.8. The number of ether oxygens (including phenoxy) is 1. The van der Waals surface area contributed by atoms with E-state index < -0.39 is 0 Å². The number of aromatic nitrogens is 2. The highest BCUT2D eigenvalue weighted by molar-refractivity contribution is 9.10. The number of nitrogens with one attached hydrogen (secondary N) is 1. The van der Waals surface area contributed by atoms with Crippen molar-refractivity contribution in [3.8, 4) is 11.1 Å². The molecule has 9 heteroatoms. The van der Waals surface area contributed by atoms with Crippen LogP contribution in [0.15, 0.2) is 83.9 Å². The number of halogens is 1.